The van der Waals surface area contributed by atoms with E-state index in [-0.39, 0.29) is 0 Å². The average molecular weight is 399 g/mol. The number of methoxy groups -OCH3 is 2. The summed E-state index contributed by atoms with van der Waals surface area (Å²) in [5.41, 5.74) is 5.83. The van der Waals surface area contributed by atoms with Crippen molar-refractivity contribution in [2.45, 2.75) is 19.5 Å². The first-order valence-corrected chi connectivity index (χ1v) is 10.3. The highest BCUT2D eigenvalue weighted by Crippen LogP contribution is 2.38. The summed E-state index contributed by atoms with van der Waals surface area (Å²) in [5, 5.41) is 1.04. The van der Waals surface area contributed by atoms with E-state index in [9.17, 15) is 0 Å². The van der Waals surface area contributed by atoms with E-state index in [0.29, 0.717) is 0 Å². The van der Waals surface area contributed by atoms with Crippen LogP contribution in [-0.2, 0) is 19.5 Å². The molecule has 0 fully saturated rings. The van der Waals surface area contributed by atoms with E-state index in [1.807, 2.05) is 24.3 Å². The smallest absolute Gasteiger partial charge is 0.176 e. The lowest BCUT2D eigenvalue weighted by molar-refractivity contribution is 0.245. The molecular formula is C26H25NO3. The van der Waals surface area contributed by atoms with Crippen LogP contribution in [0.2, 0.25) is 0 Å². The number of hydrogen-bond donors (Lipinski definition) is 0. The summed E-state index contributed by atoms with van der Waals surface area (Å²) in [5.74, 6) is 2.34. The van der Waals surface area contributed by atoms with E-state index < -0.39 is 0 Å². The van der Waals surface area contributed by atoms with Gasteiger partial charge < -0.3 is 13.9 Å². The minimum absolute atomic E-state index is 0.765. The van der Waals surface area contributed by atoms with Crippen molar-refractivity contribution in [2.24, 2.45) is 0 Å². The summed E-state index contributed by atoms with van der Waals surface area (Å²) in [4.78, 5) is 2.49. The molecule has 0 radical (unpaired) electrons. The fourth-order valence-corrected chi connectivity index (χ4v) is 4.35. The van der Waals surface area contributed by atoms with E-state index >= 15 is 0 Å². The van der Waals surface area contributed by atoms with Crippen molar-refractivity contribution in [1.82, 2.24) is 4.90 Å². The van der Waals surface area contributed by atoms with E-state index in [1.54, 1.807) is 14.2 Å². The molecule has 0 amide bonds. The first kappa shape index (κ1) is 18.8. The summed E-state index contributed by atoms with van der Waals surface area (Å²) in [6.45, 7) is 2.93. The van der Waals surface area contributed by atoms with Gasteiger partial charge in [0.15, 0.2) is 11.3 Å². The van der Waals surface area contributed by atoms with Crippen molar-refractivity contribution in [3.05, 3.63) is 83.4 Å². The zero-order valence-corrected chi connectivity index (χ0v) is 17.4. The second-order valence-electron chi connectivity index (χ2n) is 7.76. The van der Waals surface area contributed by atoms with Gasteiger partial charge in [-0.2, -0.15) is 0 Å². The number of para-hydroxylation sites is 1. The number of fused-ring (bicyclic) bond motifs is 2. The molecule has 0 N–H and O–H groups in total. The molecule has 152 valence electrons. The van der Waals surface area contributed by atoms with E-state index in [4.69, 9.17) is 13.9 Å². The Morgan fingerprint density at radius 2 is 1.63 bits per heavy atom. The summed E-state index contributed by atoms with van der Waals surface area (Å²) >= 11 is 0. The second-order valence-corrected chi connectivity index (χ2v) is 7.76. The van der Waals surface area contributed by atoms with Crippen molar-refractivity contribution in [3.8, 4) is 22.8 Å². The SMILES string of the molecule is COc1ccccc1-c1cc2cc(CN3CCc4ccccc4C3)cc(OC)c2o1. The molecule has 4 nitrogen and oxygen atoms in total. The summed E-state index contributed by atoms with van der Waals surface area (Å²) in [6.07, 6.45) is 1.10. The van der Waals surface area contributed by atoms with Gasteiger partial charge in [-0.25, -0.2) is 0 Å². The van der Waals surface area contributed by atoms with Gasteiger partial charge >= 0.3 is 0 Å². The van der Waals surface area contributed by atoms with Gasteiger partial charge in [-0.3, -0.25) is 4.90 Å². The van der Waals surface area contributed by atoms with Crippen LogP contribution in [0.1, 0.15) is 16.7 Å². The van der Waals surface area contributed by atoms with E-state index in [0.717, 1.165) is 59.8 Å². The predicted octanol–water partition coefficient (Wildman–Crippen LogP) is 5.68. The van der Waals surface area contributed by atoms with Crippen molar-refractivity contribution in [2.75, 3.05) is 20.8 Å². The quantitative estimate of drug-likeness (QED) is 0.433. The maximum Gasteiger partial charge on any atom is 0.176 e. The Balaban J connectivity index is 1.47. The molecule has 3 aromatic carbocycles. The van der Waals surface area contributed by atoms with Gasteiger partial charge in [0.25, 0.3) is 0 Å². The third kappa shape index (κ3) is 3.44. The lowest BCUT2D eigenvalue weighted by Crippen LogP contribution is -2.29. The third-order valence-corrected chi connectivity index (χ3v) is 5.85. The first-order valence-electron chi connectivity index (χ1n) is 10.3. The maximum atomic E-state index is 6.19. The highest BCUT2D eigenvalue weighted by molar-refractivity contribution is 5.89. The minimum Gasteiger partial charge on any atom is -0.496 e. The zero-order valence-electron chi connectivity index (χ0n) is 17.4. The van der Waals surface area contributed by atoms with Crippen molar-refractivity contribution >= 4 is 11.0 Å². The Morgan fingerprint density at radius 1 is 0.867 bits per heavy atom. The monoisotopic (exact) mass is 399 g/mol. The number of benzene rings is 3. The molecule has 1 aliphatic rings. The molecule has 1 aromatic heterocycles. The summed E-state index contributed by atoms with van der Waals surface area (Å²) in [6, 6.07) is 23.0. The number of rotatable bonds is 5. The van der Waals surface area contributed by atoms with Crippen molar-refractivity contribution < 1.29 is 13.9 Å². The molecule has 0 aliphatic carbocycles. The molecule has 0 atom stereocenters. The molecule has 4 aromatic rings. The van der Waals surface area contributed by atoms with Crippen LogP contribution >= 0.6 is 0 Å². The number of ether oxygens (including phenoxy) is 2. The van der Waals surface area contributed by atoms with Crippen LogP contribution < -0.4 is 9.47 Å². The highest BCUT2D eigenvalue weighted by Gasteiger charge is 2.19. The maximum absolute atomic E-state index is 6.19. The molecule has 0 bridgehead atoms. The summed E-state index contributed by atoms with van der Waals surface area (Å²) in [7, 11) is 3.37. The van der Waals surface area contributed by atoms with Crippen LogP contribution in [0.25, 0.3) is 22.3 Å². The Kier molecular flexibility index (Phi) is 4.93. The predicted molar refractivity (Wildman–Crippen MR) is 119 cm³/mol. The highest BCUT2D eigenvalue weighted by atomic mass is 16.5. The Labute approximate surface area is 176 Å². The molecule has 5 rings (SSSR count). The van der Waals surface area contributed by atoms with Gasteiger partial charge in [0, 0.05) is 25.0 Å². The molecule has 0 saturated heterocycles. The third-order valence-electron chi connectivity index (χ3n) is 5.85. The first-order chi connectivity index (χ1) is 14.7. The van der Waals surface area contributed by atoms with E-state index in [2.05, 4.69) is 47.4 Å². The number of furan rings is 1. The molecule has 0 saturated carbocycles. The zero-order chi connectivity index (χ0) is 20.5. The minimum atomic E-state index is 0.765. The van der Waals surface area contributed by atoms with Gasteiger partial charge in [-0.15, -0.1) is 0 Å². The Morgan fingerprint density at radius 3 is 2.47 bits per heavy atom. The molecule has 30 heavy (non-hydrogen) atoms. The summed E-state index contributed by atoms with van der Waals surface area (Å²) < 4.78 is 17.4. The lowest BCUT2D eigenvalue weighted by atomic mass is 9.99. The van der Waals surface area contributed by atoms with Gasteiger partial charge in [0.05, 0.1) is 19.8 Å². The molecular weight excluding hydrogens is 374 g/mol. The Bertz CT molecular complexity index is 1190. The van der Waals surface area contributed by atoms with Crippen LogP contribution in [0.5, 0.6) is 11.5 Å². The molecule has 1 aliphatic heterocycles. The standard InChI is InChI=1S/C26H25NO3/c1-28-23-10-6-5-9-22(23)24-15-21-13-18(14-25(29-2)26(21)30-24)16-27-12-11-19-7-3-4-8-20(19)17-27/h3-10,13-15H,11-12,16-17H2,1-2H3. The molecule has 0 unspecified atom stereocenters. The fraction of sp³-hybridized carbons (Fsp3) is 0.231. The van der Waals surface area contributed by atoms with Crippen LogP contribution in [0.3, 0.4) is 0 Å². The largest absolute Gasteiger partial charge is 0.496 e. The van der Waals surface area contributed by atoms with Crippen LogP contribution in [0, 0.1) is 0 Å². The lowest BCUT2D eigenvalue weighted by Gasteiger charge is -2.28. The number of hydrogen-bond acceptors (Lipinski definition) is 4. The van der Waals surface area contributed by atoms with Gasteiger partial charge in [-0.1, -0.05) is 36.4 Å². The van der Waals surface area contributed by atoms with Crippen LogP contribution in [0.4, 0.5) is 0 Å². The Hall–Kier alpha value is -3.24. The normalized spacial score (nSPS) is 13.9. The van der Waals surface area contributed by atoms with Crippen molar-refractivity contribution in [3.63, 3.8) is 0 Å². The van der Waals surface area contributed by atoms with Crippen LogP contribution in [0.15, 0.2) is 71.1 Å². The number of nitrogens with zero attached hydrogens (tertiary/aromatic N) is 1. The van der Waals surface area contributed by atoms with Gasteiger partial charge in [0.2, 0.25) is 0 Å². The topological polar surface area (TPSA) is 34.8 Å². The molecule has 0 spiro atoms. The van der Waals surface area contributed by atoms with E-state index in [1.165, 1.54) is 16.7 Å². The molecule has 4 heteroatoms. The average Bonchev–Trinajstić information content (AvgIpc) is 3.22. The van der Waals surface area contributed by atoms with Crippen LogP contribution in [-0.4, -0.2) is 25.7 Å². The molecule has 2 heterocycles. The van der Waals surface area contributed by atoms with Crippen molar-refractivity contribution in [1.29, 1.82) is 0 Å². The van der Waals surface area contributed by atoms with Gasteiger partial charge in [0.1, 0.15) is 11.5 Å². The second kappa shape index (κ2) is 7.88. The fourth-order valence-electron chi connectivity index (χ4n) is 4.35. The van der Waals surface area contributed by atoms with Gasteiger partial charge in [-0.05, 0) is 53.4 Å².